The highest BCUT2D eigenvalue weighted by Gasteiger charge is 2.21. The number of fused-ring (bicyclic) bond motifs is 1. The molecule has 9 nitrogen and oxygen atoms in total. The normalized spacial score (nSPS) is 14.0. The summed E-state index contributed by atoms with van der Waals surface area (Å²) in [5.41, 5.74) is 6.50. The topological polar surface area (TPSA) is 115 Å². The Morgan fingerprint density at radius 3 is 2.70 bits per heavy atom. The Balaban J connectivity index is 1.92. The molecule has 0 saturated heterocycles. The van der Waals surface area contributed by atoms with Crippen molar-refractivity contribution < 1.29 is 23.8 Å². The molecule has 9 heteroatoms. The smallest absolute Gasteiger partial charge is 0.279 e. The standard InChI is InChI=1S/C24H28N4O5/c1-15(2)32-18-11-16(23(29)27-22(25)7-8-26-3)12-19(13-18)33-17-5-6-20-21(14-17)31-10-9-28(4)24(20)30/h5-8,11-15,26H,9-10H2,1-4H3,(H2,25,27,29)/b8-7-. The second-order valence-corrected chi connectivity index (χ2v) is 7.66. The van der Waals surface area contributed by atoms with Gasteiger partial charge in [-0.25, -0.2) is 0 Å². The third-order valence-corrected chi connectivity index (χ3v) is 4.60. The Morgan fingerprint density at radius 1 is 1.21 bits per heavy atom. The minimum atomic E-state index is -0.536. The van der Waals surface area contributed by atoms with E-state index in [0.29, 0.717) is 41.7 Å². The Kier molecular flexibility index (Phi) is 7.55. The SMILES string of the molecule is CN/C=C\C(N)=NC(=O)c1cc(Oc2ccc3c(c2)OCCN(C)C3=O)cc(OC(C)C)c1. The fourth-order valence-corrected chi connectivity index (χ4v) is 3.08. The highest BCUT2D eigenvalue weighted by atomic mass is 16.5. The van der Waals surface area contributed by atoms with Gasteiger partial charge in [-0.1, -0.05) is 0 Å². The van der Waals surface area contributed by atoms with Gasteiger partial charge < -0.3 is 30.2 Å². The molecule has 33 heavy (non-hydrogen) atoms. The van der Waals surface area contributed by atoms with Crippen LogP contribution < -0.4 is 25.3 Å². The number of amides is 2. The fraction of sp³-hybridized carbons (Fsp3) is 0.292. The molecule has 2 amide bonds. The van der Waals surface area contributed by atoms with Crippen LogP contribution in [0, 0.1) is 0 Å². The van der Waals surface area contributed by atoms with Crippen molar-refractivity contribution in [3.05, 3.63) is 59.8 Å². The zero-order chi connectivity index (χ0) is 24.0. The van der Waals surface area contributed by atoms with Crippen molar-refractivity contribution in [1.82, 2.24) is 10.2 Å². The maximum Gasteiger partial charge on any atom is 0.279 e. The third kappa shape index (κ3) is 6.25. The largest absolute Gasteiger partial charge is 0.491 e. The van der Waals surface area contributed by atoms with E-state index in [1.54, 1.807) is 61.6 Å². The van der Waals surface area contributed by atoms with Crippen LogP contribution >= 0.6 is 0 Å². The highest BCUT2D eigenvalue weighted by Crippen LogP contribution is 2.33. The molecule has 0 aliphatic carbocycles. The van der Waals surface area contributed by atoms with Crippen LogP contribution in [0.5, 0.6) is 23.0 Å². The number of nitrogens with two attached hydrogens (primary N) is 1. The number of likely N-dealkylation sites (N-methyl/N-ethyl adjacent to an activating group) is 1. The first-order chi connectivity index (χ1) is 15.8. The monoisotopic (exact) mass is 452 g/mol. The number of carbonyl (C=O) groups is 2. The highest BCUT2D eigenvalue weighted by molar-refractivity contribution is 6.06. The van der Waals surface area contributed by atoms with Crippen LogP contribution in [0.2, 0.25) is 0 Å². The lowest BCUT2D eigenvalue weighted by Gasteiger charge is -2.14. The van der Waals surface area contributed by atoms with E-state index >= 15 is 0 Å². The maximum atomic E-state index is 12.7. The molecule has 0 unspecified atom stereocenters. The predicted octanol–water partition coefficient (Wildman–Crippen LogP) is 2.96. The molecule has 0 spiro atoms. The zero-order valence-electron chi connectivity index (χ0n) is 19.1. The lowest BCUT2D eigenvalue weighted by Crippen LogP contribution is -2.27. The van der Waals surface area contributed by atoms with E-state index in [1.807, 2.05) is 13.8 Å². The molecule has 3 N–H and O–H groups in total. The van der Waals surface area contributed by atoms with Gasteiger partial charge >= 0.3 is 0 Å². The molecule has 0 saturated carbocycles. The van der Waals surface area contributed by atoms with E-state index < -0.39 is 5.91 Å². The lowest BCUT2D eigenvalue weighted by molar-refractivity contribution is 0.0796. The van der Waals surface area contributed by atoms with Crippen LogP contribution in [0.4, 0.5) is 0 Å². The van der Waals surface area contributed by atoms with Crippen molar-refractivity contribution in [2.75, 3.05) is 27.2 Å². The van der Waals surface area contributed by atoms with Gasteiger partial charge in [0.2, 0.25) is 0 Å². The lowest BCUT2D eigenvalue weighted by atomic mass is 10.1. The minimum absolute atomic E-state index is 0.0598. The molecular weight excluding hydrogens is 424 g/mol. The van der Waals surface area contributed by atoms with Crippen molar-refractivity contribution in [3.8, 4) is 23.0 Å². The summed E-state index contributed by atoms with van der Waals surface area (Å²) in [6, 6.07) is 9.81. The van der Waals surface area contributed by atoms with Gasteiger partial charge in [-0.3, -0.25) is 9.59 Å². The van der Waals surface area contributed by atoms with Gasteiger partial charge in [-0.15, -0.1) is 0 Å². The molecule has 174 valence electrons. The number of carbonyl (C=O) groups excluding carboxylic acids is 2. The summed E-state index contributed by atoms with van der Waals surface area (Å²) in [5.74, 6) is 1.13. The van der Waals surface area contributed by atoms with Gasteiger partial charge in [0.05, 0.1) is 18.2 Å². The summed E-state index contributed by atoms with van der Waals surface area (Å²) in [6.07, 6.45) is 2.94. The minimum Gasteiger partial charge on any atom is -0.491 e. The number of rotatable bonds is 7. The Morgan fingerprint density at radius 2 is 1.97 bits per heavy atom. The second kappa shape index (κ2) is 10.5. The number of hydrogen-bond donors (Lipinski definition) is 2. The number of hydrogen-bond acceptors (Lipinski definition) is 6. The van der Waals surface area contributed by atoms with Gasteiger partial charge in [-0.05, 0) is 50.4 Å². The summed E-state index contributed by atoms with van der Waals surface area (Å²) in [7, 11) is 3.44. The van der Waals surface area contributed by atoms with Crippen LogP contribution in [0.15, 0.2) is 53.7 Å². The molecule has 0 aromatic heterocycles. The van der Waals surface area contributed by atoms with E-state index in [2.05, 4.69) is 10.3 Å². The summed E-state index contributed by atoms with van der Waals surface area (Å²) >= 11 is 0. The van der Waals surface area contributed by atoms with Gasteiger partial charge in [0.25, 0.3) is 11.8 Å². The molecule has 1 heterocycles. The molecule has 1 aliphatic rings. The first kappa shape index (κ1) is 23.6. The van der Waals surface area contributed by atoms with Gasteiger partial charge in [0.15, 0.2) is 0 Å². The number of benzene rings is 2. The second-order valence-electron chi connectivity index (χ2n) is 7.66. The van der Waals surface area contributed by atoms with Crippen LogP contribution in [0.25, 0.3) is 0 Å². The number of amidine groups is 1. The van der Waals surface area contributed by atoms with Crippen LogP contribution in [-0.4, -0.2) is 55.9 Å². The molecule has 2 aromatic carbocycles. The summed E-state index contributed by atoms with van der Waals surface area (Å²) in [5, 5.41) is 2.78. The van der Waals surface area contributed by atoms with Crippen molar-refractivity contribution in [2.24, 2.45) is 10.7 Å². The van der Waals surface area contributed by atoms with Crippen molar-refractivity contribution in [1.29, 1.82) is 0 Å². The van der Waals surface area contributed by atoms with Crippen LogP contribution in [0.3, 0.4) is 0 Å². The Bertz CT molecular complexity index is 1090. The average Bonchev–Trinajstić information content (AvgIpc) is 2.89. The first-order valence-corrected chi connectivity index (χ1v) is 10.5. The molecule has 0 atom stereocenters. The molecule has 0 bridgehead atoms. The van der Waals surface area contributed by atoms with Crippen molar-refractivity contribution in [3.63, 3.8) is 0 Å². The van der Waals surface area contributed by atoms with E-state index in [4.69, 9.17) is 19.9 Å². The number of ether oxygens (including phenoxy) is 3. The molecule has 0 fully saturated rings. The van der Waals surface area contributed by atoms with E-state index in [9.17, 15) is 9.59 Å². The molecule has 2 aromatic rings. The number of aliphatic imine (C=N–C) groups is 1. The molecule has 1 aliphatic heterocycles. The Hall–Kier alpha value is -4.01. The van der Waals surface area contributed by atoms with E-state index in [-0.39, 0.29) is 23.4 Å². The first-order valence-electron chi connectivity index (χ1n) is 10.5. The fourth-order valence-electron chi connectivity index (χ4n) is 3.08. The Labute approximate surface area is 192 Å². The van der Waals surface area contributed by atoms with Crippen LogP contribution in [0.1, 0.15) is 34.6 Å². The van der Waals surface area contributed by atoms with Gasteiger partial charge in [0.1, 0.15) is 35.4 Å². The van der Waals surface area contributed by atoms with Gasteiger partial charge in [0, 0.05) is 31.8 Å². The summed E-state index contributed by atoms with van der Waals surface area (Å²) in [4.78, 5) is 30.6. The maximum absolute atomic E-state index is 12.7. The summed E-state index contributed by atoms with van der Waals surface area (Å²) < 4.78 is 17.5. The van der Waals surface area contributed by atoms with Gasteiger partial charge in [-0.2, -0.15) is 4.99 Å². The van der Waals surface area contributed by atoms with Crippen molar-refractivity contribution in [2.45, 2.75) is 20.0 Å². The zero-order valence-corrected chi connectivity index (χ0v) is 19.1. The predicted molar refractivity (Wildman–Crippen MR) is 125 cm³/mol. The summed E-state index contributed by atoms with van der Waals surface area (Å²) in [6.45, 7) is 4.64. The number of nitrogens with zero attached hydrogens (tertiary/aromatic N) is 2. The molecule has 3 rings (SSSR count). The number of nitrogens with one attached hydrogen (secondary N) is 1. The van der Waals surface area contributed by atoms with Crippen molar-refractivity contribution >= 4 is 17.6 Å². The average molecular weight is 453 g/mol. The van der Waals surface area contributed by atoms with Crippen LogP contribution in [-0.2, 0) is 0 Å². The quantitative estimate of drug-likeness (QED) is 0.490. The van der Waals surface area contributed by atoms with E-state index in [0.717, 1.165) is 0 Å². The molecule has 0 radical (unpaired) electrons. The third-order valence-electron chi connectivity index (χ3n) is 4.60. The molecular formula is C24H28N4O5. The van der Waals surface area contributed by atoms with E-state index in [1.165, 1.54) is 6.08 Å².